The highest BCUT2D eigenvalue weighted by molar-refractivity contribution is 7.99. The van der Waals surface area contributed by atoms with Crippen molar-refractivity contribution < 1.29 is 13.7 Å². The molecule has 0 unspecified atom stereocenters. The van der Waals surface area contributed by atoms with Gasteiger partial charge in [0.25, 0.3) is 11.8 Å². The van der Waals surface area contributed by atoms with E-state index in [-0.39, 0.29) is 17.4 Å². The van der Waals surface area contributed by atoms with Crippen LogP contribution in [0.2, 0.25) is 0 Å². The SMILES string of the molecule is CCCN1C(=O)c2ccccc2Sc2cc(-c3noc(-c4ccccc4F)n3)ccc21. The minimum atomic E-state index is -0.416. The molecule has 0 fully saturated rings. The Hall–Kier alpha value is -3.45. The quantitative estimate of drug-likeness (QED) is 0.393. The monoisotopic (exact) mass is 431 g/mol. The number of halogens is 1. The summed E-state index contributed by atoms with van der Waals surface area (Å²) in [5.74, 6) is 0.0785. The van der Waals surface area contributed by atoms with Gasteiger partial charge >= 0.3 is 0 Å². The van der Waals surface area contributed by atoms with Crippen LogP contribution in [0.1, 0.15) is 23.7 Å². The molecule has 0 radical (unpaired) electrons. The Balaban J connectivity index is 1.58. The Morgan fingerprint density at radius 2 is 1.77 bits per heavy atom. The van der Waals surface area contributed by atoms with Crippen molar-refractivity contribution in [3.8, 4) is 22.8 Å². The van der Waals surface area contributed by atoms with E-state index in [4.69, 9.17) is 4.52 Å². The maximum Gasteiger partial charge on any atom is 0.261 e. The summed E-state index contributed by atoms with van der Waals surface area (Å²) in [4.78, 5) is 21.2. The lowest BCUT2D eigenvalue weighted by molar-refractivity contribution is 0.0984. The highest BCUT2D eigenvalue weighted by Gasteiger charge is 2.27. The number of amides is 1. The minimum Gasteiger partial charge on any atom is -0.334 e. The summed E-state index contributed by atoms with van der Waals surface area (Å²) in [6.45, 7) is 2.68. The Bertz CT molecular complexity index is 1290. The summed E-state index contributed by atoms with van der Waals surface area (Å²) >= 11 is 1.54. The average Bonchev–Trinajstić information content (AvgIpc) is 3.24. The van der Waals surface area contributed by atoms with Gasteiger partial charge in [0.2, 0.25) is 5.82 Å². The standard InChI is InChI=1S/C24H18FN3O2S/c1-2-13-28-19-12-11-15(14-21(19)31-20-10-6-4-8-17(20)24(28)29)22-26-23(30-27-22)16-7-3-5-9-18(16)25/h3-12,14H,2,13H2,1H3. The van der Waals surface area contributed by atoms with E-state index in [2.05, 4.69) is 17.1 Å². The van der Waals surface area contributed by atoms with E-state index in [0.29, 0.717) is 17.9 Å². The van der Waals surface area contributed by atoms with Gasteiger partial charge in [-0.3, -0.25) is 4.79 Å². The molecule has 0 spiro atoms. The van der Waals surface area contributed by atoms with Crippen LogP contribution in [0.4, 0.5) is 10.1 Å². The van der Waals surface area contributed by atoms with Crippen molar-refractivity contribution in [1.82, 2.24) is 10.1 Å². The normalized spacial score (nSPS) is 13.0. The van der Waals surface area contributed by atoms with Crippen molar-refractivity contribution in [2.24, 2.45) is 0 Å². The summed E-state index contributed by atoms with van der Waals surface area (Å²) < 4.78 is 19.4. The molecule has 0 saturated heterocycles. The fourth-order valence-electron chi connectivity index (χ4n) is 3.59. The number of anilines is 1. The van der Waals surface area contributed by atoms with Crippen LogP contribution in [0.5, 0.6) is 0 Å². The third kappa shape index (κ3) is 3.51. The summed E-state index contributed by atoms with van der Waals surface area (Å²) in [5.41, 5.74) is 2.55. The zero-order chi connectivity index (χ0) is 21.4. The lowest BCUT2D eigenvalue weighted by atomic mass is 10.1. The van der Waals surface area contributed by atoms with E-state index < -0.39 is 5.82 Å². The smallest absolute Gasteiger partial charge is 0.261 e. The molecule has 31 heavy (non-hydrogen) atoms. The molecule has 0 saturated carbocycles. The van der Waals surface area contributed by atoms with Gasteiger partial charge in [-0.05, 0) is 48.9 Å². The molecule has 1 aliphatic heterocycles. The van der Waals surface area contributed by atoms with Crippen molar-refractivity contribution >= 4 is 23.4 Å². The number of aromatic nitrogens is 2. The molecular formula is C24H18FN3O2S. The highest BCUT2D eigenvalue weighted by Crippen LogP contribution is 2.43. The topological polar surface area (TPSA) is 59.2 Å². The number of fused-ring (bicyclic) bond motifs is 2. The zero-order valence-electron chi connectivity index (χ0n) is 16.7. The first-order chi connectivity index (χ1) is 15.2. The van der Waals surface area contributed by atoms with E-state index in [1.54, 1.807) is 30.0 Å². The van der Waals surface area contributed by atoms with Crippen LogP contribution in [-0.2, 0) is 0 Å². The summed E-state index contributed by atoms with van der Waals surface area (Å²) in [7, 11) is 0. The molecule has 7 heteroatoms. The van der Waals surface area contributed by atoms with Gasteiger partial charge in [0.15, 0.2) is 0 Å². The van der Waals surface area contributed by atoms with Gasteiger partial charge in [-0.15, -0.1) is 0 Å². The molecule has 0 atom stereocenters. The predicted molar refractivity (Wildman–Crippen MR) is 118 cm³/mol. The van der Waals surface area contributed by atoms with Crippen LogP contribution in [0, 0.1) is 5.82 Å². The van der Waals surface area contributed by atoms with Gasteiger partial charge in [0.1, 0.15) is 5.82 Å². The molecule has 1 amide bonds. The van der Waals surface area contributed by atoms with Gasteiger partial charge in [-0.25, -0.2) is 4.39 Å². The summed E-state index contributed by atoms with van der Waals surface area (Å²) in [6, 6.07) is 19.6. The molecule has 2 heterocycles. The Morgan fingerprint density at radius 3 is 2.58 bits per heavy atom. The molecule has 1 aromatic heterocycles. The molecule has 5 nitrogen and oxygen atoms in total. The highest BCUT2D eigenvalue weighted by atomic mass is 32.2. The maximum atomic E-state index is 14.1. The van der Waals surface area contributed by atoms with Crippen molar-refractivity contribution in [2.75, 3.05) is 11.4 Å². The van der Waals surface area contributed by atoms with Crippen LogP contribution in [0.25, 0.3) is 22.8 Å². The number of carbonyl (C=O) groups is 1. The molecular weight excluding hydrogens is 413 g/mol. The number of hydrogen-bond donors (Lipinski definition) is 0. The van der Waals surface area contributed by atoms with Crippen molar-refractivity contribution in [3.05, 3.63) is 78.1 Å². The lowest BCUT2D eigenvalue weighted by Crippen LogP contribution is -2.31. The number of hydrogen-bond acceptors (Lipinski definition) is 5. The van der Waals surface area contributed by atoms with Gasteiger partial charge in [-0.2, -0.15) is 4.98 Å². The summed E-state index contributed by atoms with van der Waals surface area (Å²) in [5, 5.41) is 4.05. The van der Waals surface area contributed by atoms with E-state index >= 15 is 0 Å². The molecule has 154 valence electrons. The Kier molecular flexibility index (Phi) is 5.03. The van der Waals surface area contributed by atoms with Gasteiger partial charge < -0.3 is 9.42 Å². The molecule has 1 aliphatic rings. The van der Waals surface area contributed by atoms with Crippen LogP contribution >= 0.6 is 11.8 Å². The second kappa shape index (κ2) is 8.00. The first-order valence-electron chi connectivity index (χ1n) is 9.97. The van der Waals surface area contributed by atoms with Gasteiger partial charge in [0, 0.05) is 21.9 Å². The summed E-state index contributed by atoms with van der Waals surface area (Å²) in [6.07, 6.45) is 0.844. The van der Waals surface area contributed by atoms with Crippen LogP contribution in [0.3, 0.4) is 0 Å². The van der Waals surface area contributed by atoms with Crippen LogP contribution < -0.4 is 4.90 Å². The van der Waals surface area contributed by atoms with Crippen molar-refractivity contribution in [3.63, 3.8) is 0 Å². The molecule has 3 aromatic carbocycles. The van der Waals surface area contributed by atoms with Gasteiger partial charge in [0.05, 0.1) is 16.8 Å². The first kappa shape index (κ1) is 19.5. The minimum absolute atomic E-state index is 0.00199. The van der Waals surface area contributed by atoms with Crippen molar-refractivity contribution in [2.45, 2.75) is 23.1 Å². The third-order valence-corrected chi connectivity index (χ3v) is 6.19. The van der Waals surface area contributed by atoms with Gasteiger partial charge in [-0.1, -0.05) is 48.1 Å². The maximum absolute atomic E-state index is 14.1. The lowest BCUT2D eigenvalue weighted by Gasteiger charge is -2.22. The largest absolute Gasteiger partial charge is 0.334 e. The van der Waals surface area contributed by atoms with Crippen LogP contribution in [0.15, 0.2) is 81.0 Å². The Morgan fingerprint density at radius 1 is 1.00 bits per heavy atom. The van der Waals surface area contributed by atoms with E-state index in [0.717, 1.165) is 27.5 Å². The van der Waals surface area contributed by atoms with E-state index in [1.165, 1.54) is 6.07 Å². The second-order valence-corrected chi connectivity index (χ2v) is 8.22. The number of benzene rings is 3. The molecule has 4 aromatic rings. The Labute approximate surface area is 182 Å². The first-order valence-corrected chi connectivity index (χ1v) is 10.8. The van der Waals surface area contributed by atoms with Crippen LogP contribution in [-0.4, -0.2) is 22.6 Å². The fraction of sp³-hybridized carbons (Fsp3) is 0.125. The second-order valence-electron chi connectivity index (χ2n) is 7.14. The molecule has 5 rings (SSSR count). The third-order valence-electron chi connectivity index (χ3n) is 5.07. The van der Waals surface area contributed by atoms with E-state index in [1.807, 2.05) is 47.4 Å². The molecule has 0 N–H and O–H groups in total. The fourth-order valence-corrected chi connectivity index (χ4v) is 4.71. The van der Waals surface area contributed by atoms with E-state index in [9.17, 15) is 9.18 Å². The zero-order valence-corrected chi connectivity index (χ0v) is 17.5. The molecule has 0 aliphatic carbocycles. The van der Waals surface area contributed by atoms with Crippen molar-refractivity contribution in [1.29, 1.82) is 0 Å². The predicted octanol–water partition coefficient (Wildman–Crippen LogP) is 6.06. The number of rotatable bonds is 4. The average molecular weight is 431 g/mol. The number of nitrogens with zero attached hydrogens (tertiary/aromatic N) is 3. The molecule has 0 bridgehead atoms. The number of carbonyl (C=O) groups excluding carboxylic acids is 1.